The highest BCUT2D eigenvalue weighted by Gasteiger charge is 2.31. The van der Waals surface area contributed by atoms with E-state index < -0.39 is 21.7 Å². The molecule has 4 nitrogen and oxygen atoms in total. The zero-order chi connectivity index (χ0) is 18.2. The zero-order valence-corrected chi connectivity index (χ0v) is 16.7. The summed E-state index contributed by atoms with van der Waals surface area (Å²) in [5.41, 5.74) is 0.678. The van der Waals surface area contributed by atoms with Crippen molar-refractivity contribution in [2.45, 2.75) is 17.2 Å². The second-order valence-electron chi connectivity index (χ2n) is 5.85. The second kappa shape index (κ2) is 7.40. The predicted octanol–water partition coefficient (Wildman–Crippen LogP) is 3.86. The SMILES string of the molecule is CC(c1ccc(F)c(F)c1)N1CCN(S(=O)(=O)c2ccc(Br)s2)CC1. The molecule has 0 saturated carbocycles. The lowest BCUT2D eigenvalue weighted by atomic mass is 10.1. The van der Waals surface area contributed by atoms with E-state index in [-0.39, 0.29) is 6.04 Å². The lowest BCUT2D eigenvalue weighted by Crippen LogP contribution is -2.49. The summed E-state index contributed by atoms with van der Waals surface area (Å²) in [6, 6.07) is 7.09. The van der Waals surface area contributed by atoms with E-state index in [1.807, 2.05) is 6.92 Å². The molecule has 1 fully saturated rings. The number of nitrogens with zero attached hydrogens (tertiary/aromatic N) is 2. The monoisotopic (exact) mass is 450 g/mol. The van der Waals surface area contributed by atoms with Crippen molar-refractivity contribution in [3.63, 3.8) is 0 Å². The van der Waals surface area contributed by atoms with Crippen LogP contribution in [0.3, 0.4) is 0 Å². The van der Waals surface area contributed by atoms with E-state index in [1.54, 1.807) is 18.2 Å². The first kappa shape index (κ1) is 18.9. The molecule has 1 atom stereocenters. The molecule has 0 spiro atoms. The van der Waals surface area contributed by atoms with Crippen LogP contribution in [0.5, 0.6) is 0 Å². The van der Waals surface area contributed by atoms with Crippen molar-refractivity contribution in [3.05, 3.63) is 51.3 Å². The summed E-state index contributed by atoms with van der Waals surface area (Å²) in [7, 11) is -3.48. The van der Waals surface area contributed by atoms with Crippen LogP contribution >= 0.6 is 27.3 Å². The number of piperazine rings is 1. The summed E-state index contributed by atoms with van der Waals surface area (Å²) in [6.07, 6.45) is 0. The molecule has 9 heteroatoms. The van der Waals surface area contributed by atoms with Crippen LogP contribution in [0, 0.1) is 11.6 Å². The van der Waals surface area contributed by atoms with Gasteiger partial charge in [-0.1, -0.05) is 6.07 Å². The fourth-order valence-electron chi connectivity index (χ4n) is 2.88. The predicted molar refractivity (Wildman–Crippen MR) is 97.1 cm³/mol. The first-order valence-corrected chi connectivity index (χ1v) is 10.8. The smallest absolute Gasteiger partial charge is 0.252 e. The molecule has 1 aromatic heterocycles. The van der Waals surface area contributed by atoms with Crippen molar-refractivity contribution in [3.8, 4) is 0 Å². The Morgan fingerprint density at radius 1 is 1.08 bits per heavy atom. The highest BCUT2D eigenvalue weighted by atomic mass is 79.9. The van der Waals surface area contributed by atoms with Gasteiger partial charge in [0.15, 0.2) is 11.6 Å². The Balaban J connectivity index is 1.68. The number of halogens is 3. The third-order valence-electron chi connectivity index (χ3n) is 4.39. The van der Waals surface area contributed by atoms with Crippen LogP contribution in [0.2, 0.25) is 0 Å². The fraction of sp³-hybridized carbons (Fsp3) is 0.375. The normalized spacial score (nSPS) is 18.4. The summed E-state index contributed by atoms with van der Waals surface area (Å²) >= 11 is 4.48. The van der Waals surface area contributed by atoms with Gasteiger partial charge in [0.05, 0.1) is 3.79 Å². The molecule has 1 saturated heterocycles. The summed E-state index contributed by atoms with van der Waals surface area (Å²) in [4.78, 5) is 2.07. The number of sulfonamides is 1. The van der Waals surface area contributed by atoms with E-state index in [4.69, 9.17) is 0 Å². The van der Waals surface area contributed by atoms with E-state index in [0.717, 1.165) is 9.85 Å². The number of thiophene rings is 1. The van der Waals surface area contributed by atoms with Crippen molar-refractivity contribution >= 4 is 37.3 Å². The minimum Gasteiger partial charge on any atom is -0.294 e. The number of benzene rings is 1. The quantitative estimate of drug-likeness (QED) is 0.709. The minimum atomic E-state index is -3.48. The second-order valence-corrected chi connectivity index (χ2v) is 10.5. The van der Waals surface area contributed by atoms with Gasteiger partial charge in [-0.3, -0.25) is 4.90 Å². The standard InChI is InChI=1S/C16H17BrF2N2O2S2/c1-11(12-2-3-13(18)14(19)10-12)20-6-8-21(9-7-20)25(22,23)16-5-4-15(17)24-16/h2-5,10-11H,6-9H2,1H3. The fourth-order valence-corrected chi connectivity index (χ4v) is 6.46. The minimum absolute atomic E-state index is 0.115. The molecule has 2 aromatic rings. The summed E-state index contributed by atoms with van der Waals surface area (Å²) in [6.45, 7) is 3.71. The Morgan fingerprint density at radius 2 is 1.76 bits per heavy atom. The Hall–Kier alpha value is -0.870. The van der Waals surface area contributed by atoms with Gasteiger partial charge in [-0.2, -0.15) is 4.31 Å². The molecule has 0 bridgehead atoms. The Morgan fingerprint density at radius 3 is 2.32 bits per heavy atom. The molecule has 1 aromatic carbocycles. The van der Waals surface area contributed by atoms with E-state index in [0.29, 0.717) is 36.0 Å². The van der Waals surface area contributed by atoms with Gasteiger partial charge < -0.3 is 0 Å². The third-order valence-corrected chi connectivity index (χ3v) is 8.38. The van der Waals surface area contributed by atoms with Crippen molar-refractivity contribution in [2.24, 2.45) is 0 Å². The van der Waals surface area contributed by atoms with Gasteiger partial charge in [-0.15, -0.1) is 11.3 Å². The molecule has 3 rings (SSSR count). The van der Waals surface area contributed by atoms with E-state index >= 15 is 0 Å². The molecule has 2 heterocycles. The molecule has 25 heavy (non-hydrogen) atoms. The molecular weight excluding hydrogens is 434 g/mol. The molecular formula is C16H17BrF2N2O2S2. The number of hydrogen-bond donors (Lipinski definition) is 0. The van der Waals surface area contributed by atoms with Crippen molar-refractivity contribution in [2.75, 3.05) is 26.2 Å². The maximum absolute atomic E-state index is 13.4. The lowest BCUT2D eigenvalue weighted by molar-refractivity contribution is 0.145. The highest BCUT2D eigenvalue weighted by Crippen LogP contribution is 2.30. The van der Waals surface area contributed by atoms with Crippen LogP contribution in [0.1, 0.15) is 18.5 Å². The number of rotatable bonds is 4. The molecule has 0 radical (unpaired) electrons. The van der Waals surface area contributed by atoms with Gasteiger partial charge in [0.1, 0.15) is 4.21 Å². The van der Waals surface area contributed by atoms with Crippen molar-refractivity contribution in [1.29, 1.82) is 0 Å². The van der Waals surface area contributed by atoms with Crippen LogP contribution in [0.25, 0.3) is 0 Å². The molecule has 1 aliphatic rings. The van der Waals surface area contributed by atoms with Gasteiger partial charge in [0, 0.05) is 32.2 Å². The van der Waals surface area contributed by atoms with E-state index in [2.05, 4.69) is 20.8 Å². The van der Waals surface area contributed by atoms with Gasteiger partial charge in [-0.25, -0.2) is 17.2 Å². The molecule has 136 valence electrons. The summed E-state index contributed by atoms with van der Waals surface area (Å²) < 4.78 is 54.4. The highest BCUT2D eigenvalue weighted by molar-refractivity contribution is 9.11. The van der Waals surface area contributed by atoms with Crippen molar-refractivity contribution < 1.29 is 17.2 Å². The third kappa shape index (κ3) is 3.95. The first-order chi connectivity index (χ1) is 11.8. The van der Waals surface area contributed by atoms with Crippen LogP contribution in [-0.4, -0.2) is 43.8 Å². The number of hydrogen-bond acceptors (Lipinski definition) is 4. The molecule has 1 unspecified atom stereocenters. The van der Waals surface area contributed by atoms with Gasteiger partial charge in [0.2, 0.25) is 0 Å². The molecule has 0 aliphatic carbocycles. The van der Waals surface area contributed by atoms with Gasteiger partial charge in [-0.05, 0) is 52.7 Å². The van der Waals surface area contributed by atoms with Crippen LogP contribution in [0.4, 0.5) is 8.78 Å². The largest absolute Gasteiger partial charge is 0.294 e. The summed E-state index contributed by atoms with van der Waals surface area (Å²) in [5.74, 6) is -1.73. The van der Waals surface area contributed by atoms with E-state index in [1.165, 1.54) is 21.7 Å². The van der Waals surface area contributed by atoms with Crippen LogP contribution in [0.15, 0.2) is 38.3 Å². The topological polar surface area (TPSA) is 40.6 Å². The molecule has 0 N–H and O–H groups in total. The zero-order valence-electron chi connectivity index (χ0n) is 13.5. The maximum atomic E-state index is 13.4. The molecule has 1 aliphatic heterocycles. The lowest BCUT2D eigenvalue weighted by Gasteiger charge is -2.37. The van der Waals surface area contributed by atoms with E-state index in [9.17, 15) is 17.2 Å². The van der Waals surface area contributed by atoms with Crippen LogP contribution in [-0.2, 0) is 10.0 Å². The Bertz CT molecular complexity index is 865. The summed E-state index contributed by atoms with van der Waals surface area (Å²) in [5, 5.41) is 0. The average molecular weight is 451 g/mol. The molecule has 0 amide bonds. The Labute approximate surface area is 158 Å². The van der Waals surface area contributed by atoms with Gasteiger partial charge >= 0.3 is 0 Å². The Kier molecular flexibility index (Phi) is 5.60. The first-order valence-electron chi connectivity index (χ1n) is 7.73. The van der Waals surface area contributed by atoms with Crippen LogP contribution < -0.4 is 0 Å². The average Bonchev–Trinajstić information content (AvgIpc) is 3.04. The van der Waals surface area contributed by atoms with Gasteiger partial charge in [0.25, 0.3) is 10.0 Å². The van der Waals surface area contributed by atoms with Crippen molar-refractivity contribution in [1.82, 2.24) is 9.21 Å². The maximum Gasteiger partial charge on any atom is 0.252 e.